The van der Waals surface area contributed by atoms with Crippen LogP contribution in [0.5, 0.6) is 0 Å². The Labute approximate surface area is 94.6 Å². The third-order valence-electron chi connectivity index (χ3n) is 2.45. The van der Waals surface area contributed by atoms with E-state index < -0.39 is 12.1 Å². The van der Waals surface area contributed by atoms with Crippen LogP contribution in [0.4, 0.5) is 4.79 Å². The number of carbonyl (C=O) groups excluding carboxylic acids is 1. The third kappa shape index (κ3) is 3.69. The van der Waals surface area contributed by atoms with Gasteiger partial charge in [-0.1, -0.05) is 0 Å². The molecule has 0 aliphatic carbocycles. The van der Waals surface area contributed by atoms with Crippen molar-refractivity contribution in [3.63, 3.8) is 0 Å². The molecule has 1 aliphatic rings. The number of hydrogen-bond acceptors (Lipinski definition) is 4. The summed E-state index contributed by atoms with van der Waals surface area (Å²) < 4.78 is 4.98. The summed E-state index contributed by atoms with van der Waals surface area (Å²) in [6.07, 6.45) is -0.708. The fourth-order valence-corrected chi connectivity index (χ4v) is 1.52. The lowest BCUT2D eigenvalue weighted by atomic mass is 10.1. The first-order valence-corrected chi connectivity index (χ1v) is 5.20. The molecular formula is C10H18N2O4. The molecule has 0 aromatic heterocycles. The minimum Gasteiger partial charge on any atom is -0.480 e. The minimum atomic E-state index is -0.882. The monoisotopic (exact) mass is 230 g/mol. The van der Waals surface area contributed by atoms with E-state index in [0.29, 0.717) is 13.1 Å². The van der Waals surface area contributed by atoms with E-state index in [1.165, 1.54) is 0 Å². The standard InChI is InChI=1S/C10H18N2O4/c1-10(2,3)12(6-8(13)14)5-7-4-11-9(15)16-7/h7H,4-6H2,1-3H3,(H,11,15)(H,13,14). The van der Waals surface area contributed by atoms with Gasteiger partial charge in [0, 0.05) is 12.1 Å². The molecule has 0 bridgehead atoms. The number of cyclic esters (lactones) is 1. The number of alkyl carbamates (subject to hydrolysis) is 1. The normalized spacial score (nSPS) is 20.8. The van der Waals surface area contributed by atoms with Crippen LogP contribution in [0, 0.1) is 0 Å². The van der Waals surface area contributed by atoms with Crippen molar-refractivity contribution in [2.24, 2.45) is 0 Å². The van der Waals surface area contributed by atoms with Crippen molar-refractivity contribution >= 4 is 12.1 Å². The van der Waals surface area contributed by atoms with Gasteiger partial charge in [0.25, 0.3) is 0 Å². The fourth-order valence-electron chi connectivity index (χ4n) is 1.52. The molecule has 1 atom stereocenters. The molecule has 2 N–H and O–H groups in total. The molecule has 0 radical (unpaired) electrons. The molecule has 1 aliphatic heterocycles. The number of ether oxygens (including phenoxy) is 1. The molecule has 16 heavy (non-hydrogen) atoms. The van der Waals surface area contributed by atoms with Gasteiger partial charge in [-0.2, -0.15) is 0 Å². The first-order chi connectivity index (χ1) is 7.29. The second kappa shape index (κ2) is 4.69. The summed E-state index contributed by atoms with van der Waals surface area (Å²) in [6, 6.07) is 0. The summed E-state index contributed by atoms with van der Waals surface area (Å²) in [6.45, 7) is 6.59. The van der Waals surface area contributed by atoms with Crippen molar-refractivity contribution < 1.29 is 19.4 Å². The Kier molecular flexibility index (Phi) is 3.74. The molecule has 0 spiro atoms. The number of carbonyl (C=O) groups is 2. The third-order valence-corrected chi connectivity index (χ3v) is 2.45. The fraction of sp³-hybridized carbons (Fsp3) is 0.800. The van der Waals surface area contributed by atoms with E-state index >= 15 is 0 Å². The summed E-state index contributed by atoms with van der Waals surface area (Å²) in [5, 5.41) is 11.4. The van der Waals surface area contributed by atoms with Crippen LogP contribution in [0.25, 0.3) is 0 Å². The zero-order valence-electron chi connectivity index (χ0n) is 9.82. The van der Waals surface area contributed by atoms with Crippen LogP contribution in [0.3, 0.4) is 0 Å². The average molecular weight is 230 g/mol. The first-order valence-electron chi connectivity index (χ1n) is 5.20. The van der Waals surface area contributed by atoms with Gasteiger partial charge in [-0.15, -0.1) is 0 Å². The number of nitrogens with one attached hydrogen (secondary N) is 1. The van der Waals surface area contributed by atoms with Crippen LogP contribution in [0.2, 0.25) is 0 Å². The van der Waals surface area contributed by atoms with Crippen LogP contribution in [0.15, 0.2) is 0 Å². The van der Waals surface area contributed by atoms with Crippen molar-refractivity contribution in [2.75, 3.05) is 19.6 Å². The topological polar surface area (TPSA) is 78.9 Å². The van der Waals surface area contributed by atoms with Gasteiger partial charge in [0.05, 0.1) is 13.1 Å². The number of carboxylic acid groups (broad SMARTS) is 1. The molecule has 1 amide bonds. The number of aliphatic carboxylic acids is 1. The van der Waals surface area contributed by atoms with Crippen molar-refractivity contribution in [1.82, 2.24) is 10.2 Å². The van der Waals surface area contributed by atoms with Gasteiger partial charge in [0.15, 0.2) is 0 Å². The molecule has 92 valence electrons. The van der Waals surface area contributed by atoms with Crippen LogP contribution in [-0.2, 0) is 9.53 Å². The molecule has 6 heteroatoms. The van der Waals surface area contributed by atoms with Crippen LogP contribution in [-0.4, -0.2) is 53.3 Å². The molecule has 0 aromatic carbocycles. The predicted molar refractivity (Wildman–Crippen MR) is 57.2 cm³/mol. The number of rotatable bonds is 4. The largest absolute Gasteiger partial charge is 0.480 e. The second-order valence-corrected chi connectivity index (χ2v) is 4.85. The zero-order valence-corrected chi connectivity index (χ0v) is 9.82. The van der Waals surface area contributed by atoms with Gasteiger partial charge in [-0.05, 0) is 20.8 Å². The number of amides is 1. The predicted octanol–water partition coefficient (Wildman–Crippen LogP) is 0.280. The van der Waals surface area contributed by atoms with E-state index in [1.54, 1.807) is 4.90 Å². The second-order valence-electron chi connectivity index (χ2n) is 4.85. The van der Waals surface area contributed by atoms with Gasteiger partial charge in [0.2, 0.25) is 0 Å². The molecule has 1 saturated heterocycles. The summed E-state index contributed by atoms with van der Waals surface area (Å²) in [4.78, 5) is 23.3. The Bertz CT molecular complexity index is 285. The summed E-state index contributed by atoms with van der Waals surface area (Å²) in [5.41, 5.74) is -0.270. The van der Waals surface area contributed by atoms with Crippen LogP contribution in [0.1, 0.15) is 20.8 Å². The van der Waals surface area contributed by atoms with Crippen molar-refractivity contribution in [3.05, 3.63) is 0 Å². The van der Waals surface area contributed by atoms with Gasteiger partial charge in [-0.3, -0.25) is 9.69 Å². The lowest BCUT2D eigenvalue weighted by molar-refractivity contribution is -0.140. The molecule has 1 rings (SSSR count). The van der Waals surface area contributed by atoms with E-state index in [-0.39, 0.29) is 18.2 Å². The molecule has 0 aromatic rings. The lowest BCUT2D eigenvalue weighted by Gasteiger charge is -2.35. The van der Waals surface area contributed by atoms with E-state index in [0.717, 1.165) is 0 Å². The van der Waals surface area contributed by atoms with Gasteiger partial charge in [0.1, 0.15) is 6.10 Å². The Balaban J connectivity index is 2.56. The first kappa shape index (κ1) is 12.8. The molecule has 1 fully saturated rings. The quantitative estimate of drug-likeness (QED) is 0.725. The number of hydrogen-bond donors (Lipinski definition) is 2. The summed E-state index contributed by atoms with van der Waals surface area (Å²) in [7, 11) is 0. The Hall–Kier alpha value is -1.30. The number of carboxylic acids is 1. The highest BCUT2D eigenvalue weighted by atomic mass is 16.6. The maximum absolute atomic E-state index is 10.8. The zero-order chi connectivity index (χ0) is 12.3. The number of nitrogens with zero attached hydrogens (tertiary/aromatic N) is 1. The highest BCUT2D eigenvalue weighted by Crippen LogP contribution is 2.15. The Morgan fingerprint density at radius 3 is 2.62 bits per heavy atom. The molecule has 6 nitrogen and oxygen atoms in total. The van der Waals surface area contributed by atoms with Gasteiger partial charge >= 0.3 is 12.1 Å². The molecule has 1 heterocycles. The van der Waals surface area contributed by atoms with Crippen molar-refractivity contribution in [3.8, 4) is 0 Å². The highest BCUT2D eigenvalue weighted by molar-refractivity contribution is 5.70. The van der Waals surface area contributed by atoms with E-state index in [1.807, 2.05) is 20.8 Å². The van der Waals surface area contributed by atoms with Crippen LogP contribution >= 0.6 is 0 Å². The Morgan fingerprint density at radius 1 is 1.62 bits per heavy atom. The maximum Gasteiger partial charge on any atom is 0.407 e. The van der Waals surface area contributed by atoms with Gasteiger partial charge in [-0.25, -0.2) is 4.79 Å². The van der Waals surface area contributed by atoms with E-state index in [4.69, 9.17) is 9.84 Å². The van der Waals surface area contributed by atoms with Crippen molar-refractivity contribution in [1.29, 1.82) is 0 Å². The maximum atomic E-state index is 10.8. The summed E-state index contributed by atoms with van der Waals surface area (Å²) >= 11 is 0. The molecule has 0 saturated carbocycles. The van der Waals surface area contributed by atoms with E-state index in [9.17, 15) is 9.59 Å². The average Bonchev–Trinajstić information content (AvgIpc) is 2.47. The Morgan fingerprint density at radius 2 is 2.25 bits per heavy atom. The SMILES string of the molecule is CC(C)(C)N(CC(=O)O)CC1CNC(=O)O1. The molecule has 1 unspecified atom stereocenters. The summed E-state index contributed by atoms with van der Waals surface area (Å²) in [5.74, 6) is -0.882. The smallest absolute Gasteiger partial charge is 0.407 e. The minimum absolute atomic E-state index is 0.0580. The highest BCUT2D eigenvalue weighted by Gasteiger charge is 2.30. The van der Waals surface area contributed by atoms with Crippen molar-refractivity contribution in [2.45, 2.75) is 32.4 Å². The lowest BCUT2D eigenvalue weighted by Crippen LogP contribution is -2.48. The van der Waals surface area contributed by atoms with Crippen LogP contribution < -0.4 is 5.32 Å². The van der Waals surface area contributed by atoms with E-state index in [2.05, 4.69) is 5.32 Å². The molecular weight excluding hydrogens is 212 g/mol. The van der Waals surface area contributed by atoms with Gasteiger partial charge < -0.3 is 15.2 Å².